The van der Waals surface area contributed by atoms with Crippen LogP contribution in [-0.4, -0.2) is 46.8 Å². The Balaban J connectivity index is 1.60. The molecule has 2 aromatic carbocycles. The summed E-state index contributed by atoms with van der Waals surface area (Å²) < 4.78 is 34.6. The summed E-state index contributed by atoms with van der Waals surface area (Å²) in [6.45, 7) is 4.18. The van der Waals surface area contributed by atoms with E-state index in [2.05, 4.69) is 5.32 Å². The smallest absolute Gasteiger partial charge is 0.337 e. The normalized spacial score (nSPS) is 17.3. The fourth-order valence-corrected chi connectivity index (χ4v) is 4.44. The summed E-state index contributed by atoms with van der Waals surface area (Å²) >= 11 is 0. The Morgan fingerprint density at radius 1 is 1.03 bits per heavy atom. The van der Waals surface area contributed by atoms with E-state index < -0.39 is 47.4 Å². The number of imide groups is 1. The van der Waals surface area contributed by atoms with Crippen molar-refractivity contribution in [2.45, 2.75) is 26.3 Å². The van der Waals surface area contributed by atoms with E-state index in [1.54, 1.807) is 48.7 Å². The predicted octanol–water partition coefficient (Wildman–Crippen LogP) is 3.81. The molecule has 1 saturated heterocycles. The largest absolute Gasteiger partial charge is 0.465 e. The molecule has 1 N–H and O–H groups in total. The topological polar surface area (TPSA) is 97.7 Å². The number of nitrogens with zero attached hydrogens (tertiary/aromatic N) is 2. The van der Waals surface area contributed by atoms with E-state index in [0.29, 0.717) is 27.5 Å². The number of ether oxygens (including phenoxy) is 1. The zero-order chi connectivity index (χ0) is 26.4. The molecule has 8 nitrogen and oxygen atoms in total. The molecule has 1 aliphatic heterocycles. The number of nitrogens with one attached hydrogen (secondary N) is 1. The van der Waals surface area contributed by atoms with Gasteiger partial charge < -0.3 is 14.6 Å². The third kappa shape index (κ3) is 4.04. The first kappa shape index (κ1) is 24.8. The second-order valence-electron chi connectivity index (χ2n) is 8.65. The van der Waals surface area contributed by atoms with Crippen molar-refractivity contribution in [3.8, 4) is 5.69 Å². The number of amides is 3. The Bertz CT molecular complexity index is 1410. The van der Waals surface area contributed by atoms with Crippen molar-refractivity contribution >= 4 is 23.7 Å². The van der Waals surface area contributed by atoms with Gasteiger partial charge >= 0.3 is 12.0 Å². The molecule has 1 fully saturated rings. The Morgan fingerprint density at radius 3 is 2.33 bits per heavy atom. The minimum Gasteiger partial charge on any atom is -0.465 e. The van der Waals surface area contributed by atoms with Crippen molar-refractivity contribution in [2.75, 3.05) is 13.7 Å². The van der Waals surface area contributed by atoms with E-state index in [9.17, 15) is 28.0 Å². The van der Waals surface area contributed by atoms with Gasteiger partial charge in [0.05, 0.1) is 19.2 Å². The summed E-state index contributed by atoms with van der Waals surface area (Å²) in [5.74, 6) is -3.47. The van der Waals surface area contributed by atoms with Crippen LogP contribution < -0.4 is 5.32 Å². The first-order valence-corrected chi connectivity index (χ1v) is 11.0. The number of hydrogen-bond acceptors (Lipinski definition) is 5. The molecule has 1 aromatic heterocycles. The van der Waals surface area contributed by atoms with Crippen LogP contribution in [0, 0.1) is 25.5 Å². The number of Topliss-reactive ketones (excluding diaryl/α,β-unsaturated/α-hetero) is 1. The highest BCUT2D eigenvalue weighted by Gasteiger charge is 2.51. The van der Waals surface area contributed by atoms with Gasteiger partial charge in [0.2, 0.25) is 0 Å². The molecule has 10 heteroatoms. The van der Waals surface area contributed by atoms with Gasteiger partial charge in [-0.3, -0.25) is 14.5 Å². The van der Waals surface area contributed by atoms with Crippen LogP contribution >= 0.6 is 0 Å². The van der Waals surface area contributed by atoms with Crippen LogP contribution in [0.1, 0.15) is 44.6 Å². The number of esters is 1. The van der Waals surface area contributed by atoms with Gasteiger partial charge in [-0.05, 0) is 69.3 Å². The Labute approximate surface area is 205 Å². The summed E-state index contributed by atoms with van der Waals surface area (Å²) in [7, 11) is 1.29. The molecular formula is C26H23F2N3O5. The highest BCUT2D eigenvalue weighted by molar-refractivity contribution is 6.11. The number of carbonyl (C=O) groups excluding carboxylic acids is 4. The molecule has 3 amide bonds. The number of methoxy groups -OCH3 is 1. The lowest BCUT2D eigenvalue weighted by Crippen LogP contribution is -2.42. The van der Waals surface area contributed by atoms with Crippen molar-refractivity contribution in [3.05, 3.63) is 88.2 Å². The summed E-state index contributed by atoms with van der Waals surface area (Å²) in [6, 6.07) is 9.98. The van der Waals surface area contributed by atoms with Crippen molar-refractivity contribution in [2.24, 2.45) is 0 Å². The molecule has 3 aromatic rings. The maximum Gasteiger partial charge on any atom is 0.337 e. The quantitative estimate of drug-likeness (QED) is 0.319. The molecule has 2 heterocycles. The van der Waals surface area contributed by atoms with Gasteiger partial charge in [-0.2, -0.15) is 0 Å². The van der Waals surface area contributed by atoms with Gasteiger partial charge in [-0.25, -0.2) is 18.4 Å². The standard InChI is InChI=1S/C26H23F2N3O5/c1-14-11-19(15(2)31(14)18-8-5-16(6-9-18)23(33)36-4)22(32)13-30-24(34)26(3,29-25(30)35)20-12-17(27)7-10-21(20)28/h5-12H,13H2,1-4H3,(H,29,35). The van der Waals surface area contributed by atoms with Crippen LogP contribution in [-0.2, 0) is 15.1 Å². The monoisotopic (exact) mass is 495 g/mol. The molecule has 0 bridgehead atoms. The van der Waals surface area contributed by atoms with E-state index in [-0.39, 0.29) is 11.1 Å². The number of ketones is 1. The van der Waals surface area contributed by atoms with Crippen LogP contribution in [0.15, 0.2) is 48.5 Å². The minimum absolute atomic E-state index is 0.288. The fourth-order valence-electron chi connectivity index (χ4n) is 4.44. The van der Waals surface area contributed by atoms with Crippen LogP contribution in [0.25, 0.3) is 5.69 Å². The van der Waals surface area contributed by atoms with E-state index in [1.165, 1.54) is 14.0 Å². The zero-order valence-corrected chi connectivity index (χ0v) is 20.0. The fraction of sp³-hybridized carbons (Fsp3) is 0.231. The van der Waals surface area contributed by atoms with E-state index >= 15 is 0 Å². The molecule has 4 rings (SSSR count). The third-order valence-corrected chi connectivity index (χ3v) is 6.32. The van der Waals surface area contributed by atoms with Gasteiger partial charge in [-0.15, -0.1) is 0 Å². The maximum absolute atomic E-state index is 14.4. The zero-order valence-electron chi connectivity index (χ0n) is 20.0. The number of urea groups is 1. The molecule has 1 unspecified atom stereocenters. The lowest BCUT2D eigenvalue weighted by Gasteiger charge is -2.22. The average Bonchev–Trinajstić information content (AvgIpc) is 3.27. The molecular weight excluding hydrogens is 472 g/mol. The van der Waals surface area contributed by atoms with Crippen LogP contribution in [0.5, 0.6) is 0 Å². The number of halogens is 2. The Morgan fingerprint density at radius 2 is 1.69 bits per heavy atom. The molecule has 0 aliphatic carbocycles. The predicted molar refractivity (Wildman–Crippen MR) is 125 cm³/mol. The second kappa shape index (κ2) is 9.03. The third-order valence-electron chi connectivity index (χ3n) is 6.32. The van der Waals surface area contributed by atoms with Crippen molar-refractivity contribution in [1.82, 2.24) is 14.8 Å². The van der Waals surface area contributed by atoms with Gasteiger partial charge in [0.1, 0.15) is 17.2 Å². The van der Waals surface area contributed by atoms with Crippen molar-refractivity contribution < 1.29 is 32.7 Å². The summed E-state index contributed by atoms with van der Waals surface area (Å²) in [5, 5.41) is 2.38. The van der Waals surface area contributed by atoms with E-state index in [0.717, 1.165) is 18.2 Å². The van der Waals surface area contributed by atoms with Crippen LogP contribution in [0.4, 0.5) is 13.6 Å². The SMILES string of the molecule is COC(=O)c1ccc(-n2c(C)cc(C(=O)CN3C(=O)NC(C)(c4cc(F)ccc4F)C3=O)c2C)cc1. The first-order valence-electron chi connectivity index (χ1n) is 11.0. The number of carbonyl (C=O) groups is 4. The second-order valence-corrected chi connectivity index (χ2v) is 8.65. The number of aryl methyl sites for hydroxylation is 1. The van der Waals surface area contributed by atoms with Gasteiger partial charge in [0, 0.05) is 28.2 Å². The lowest BCUT2D eigenvalue weighted by molar-refractivity contribution is -0.130. The van der Waals surface area contributed by atoms with Crippen LogP contribution in [0.2, 0.25) is 0 Å². The Hall–Kier alpha value is -4.34. The summed E-state index contributed by atoms with van der Waals surface area (Å²) in [4.78, 5) is 51.3. The van der Waals surface area contributed by atoms with Gasteiger partial charge in [0.15, 0.2) is 5.78 Å². The van der Waals surface area contributed by atoms with Crippen LogP contribution in [0.3, 0.4) is 0 Å². The number of benzene rings is 2. The molecule has 0 saturated carbocycles. The van der Waals surface area contributed by atoms with Crippen molar-refractivity contribution in [3.63, 3.8) is 0 Å². The minimum atomic E-state index is -1.86. The first-order chi connectivity index (χ1) is 17.0. The number of hydrogen-bond donors (Lipinski definition) is 1. The highest BCUT2D eigenvalue weighted by Crippen LogP contribution is 2.31. The Kier molecular flexibility index (Phi) is 6.21. The summed E-state index contributed by atoms with van der Waals surface area (Å²) in [5.41, 5.74) is 0.444. The van der Waals surface area contributed by atoms with Gasteiger partial charge in [-0.1, -0.05) is 0 Å². The number of aromatic nitrogens is 1. The highest BCUT2D eigenvalue weighted by atomic mass is 19.1. The molecule has 0 radical (unpaired) electrons. The van der Waals surface area contributed by atoms with E-state index in [4.69, 9.17) is 4.74 Å². The number of rotatable bonds is 6. The molecule has 186 valence electrons. The molecule has 0 spiro atoms. The van der Waals surface area contributed by atoms with E-state index in [1.807, 2.05) is 0 Å². The molecule has 1 atom stereocenters. The lowest BCUT2D eigenvalue weighted by atomic mass is 9.91. The van der Waals surface area contributed by atoms with Gasteiger partial charge in [0.25, 0.3) is 5.91 Å². The summed E-state index contributed by atoms with van der Waals surface area (Å²) in [6.07, 6.45) is 0. The molecule has 36 heavy (non-hydrogen) atoms. The maximum atomic E-state index is 14.4. The van der Waals surface area contributed by atoms with Crippen molar-refractivity contribution in [1.29, 1.82) is 0 Å². The molecule has 1 aliphatic rings. The average molecular weight is 495 g/mol.